The zero-order valence-corrected chi connectivity index (χ0v) is 9.57. The third-order valence-electron chi connectivity index (χ3n) is 2.35. The van der Waals surface area contributed by atoms with Gasteiger partial charge in [0.2, 0.25) is 5.78 Å². The Morgan fingerprint density at radius 1 is 1.38 bits per heavy atom. The molecule has 0 saturated carbocycles. The number of pyridine rings is 1. The molecular formula is C12H11NO2S. The third-order valence-corrected chi connectivity index (χ3v) is 3.22. The van der Waals surface area contributed by atoms with Gasteiger partial charge in [-0.15, -0.1) is 11.3 Å². The van der Waals surface area contributed by atoms with Crippen LogP contribution in [0.3, 0.4) is 0 Å². The zero-order valence-electron chi connectivity index (χ0n) is 8.75. The van der Waals surface area contributed by atoms with Crippen molar-refractivity contribution in [1.29, 1.82) is 0 Å². The van der Waals surface area contributed by atoms with E-state index in [9.17, 15) is 9.90 Å². The van der Waals surface area contributed by atoms with E-state index in [0.29, 0.717) is 10.6 Å². The number of aliphatic hydroxyl groups is 1. The Labute approximate surface area is 97.4 Å². The molecule has 0 aliphatic carbocycles. The summed E-state index contributed by atoms with van der Waals surface area (Å²) in [7, 11) is 0. The highest BCUT2D eigenvalue weighted by atomic mass is 32.1. The van der Waals surface area contributed by atoms with Crippen molar-refractivity contribution < 1.29 is 9.90 Å². The van der Waals surface area contributed by atoms with Gasteiger partial charge in [0, 0.05) is 6.20 Å². The normalized spacial score (nSPS) is 14.4. The van der Waals surface area contributed by atoms with Crippen LogP contribution >= 0.6 is 11.3 Å². The Morgan fingerprint density at radius 2 is 2.19 bits per heavy atom. The quantitative estimate of drug-likeness (QED) is 0.827. The average molecular weight is 233 g/mol. The van der Waals surface area contributed by atoms with E-state index >= 15 is 0 Å². The molecule has 0 amide bonds. The smallest absolute Gasteiger partial charge is 0.210 e. The number of aromatic nitrogens is 1. The van der Waals surface area contributed by atoms with Crippen molar-refractivity contribution in [3.05, 3.63) is 52.5 Å². The van der Waals surface area contributed by atoms with Crippen molar-refractivity contribution in [2.75, 3.05) is 0 Å². The molecule has 82 valence electrons. The monoisotopic (exact) mass is 233 g/mol. The summed E-state index contributed by atoms with van der Waals surface area (Å²) in [6.45, 7) is 1.47. The average Bonchev–Trinajstić information content (AvgIpc) is 2.82. The van der Waals surface area contributed by atoms with Gasteiger partial charge in [0.15, 0.2) is 5.60 Å². The lowest BCUT2D eigenvalue weighted by Crippen LogP contribution is -2.32. The van der Waals surface area contributed by atoms with Gasteiger partial charge in [-0.25, -0.2) is 0 Å². The van der Waals surface area contributed by atoms with Crippen molar-refractivity contribution in [3.8, 4) is 0 Å². The molecule has 0 spiro atoms. The van der Waals surface area contributed by atoms with E-state index in [1.54, 1.807) is 36.5 Å². The van der Waals surface area contributed by atoms with Gasteiger partial charge in [0.25, 0.3) is 0 Å². The summed E-state index contributed by atoms with van der Waals surface area (Å²) >= 11 is 1.32. The van der Waals surface area contributed by atoms with Crippen molar-refractivity contribution in [2.45, 2.75) is 12.5 Å². The first-order valence-electron chi connectivity index (χ1n) is 4.84. The minimum Gasteiger partial charge on any atom is -0.376 e. The van der Waals surface area contributed by atoms with Gasteiger partial charge in [-0.2, -0.15) is 0 Å². The predicted molar refractivity (Wildman–Crippen MR) is 62.5 cm³/mol. The minimum absolute atomic E-state index is 0.318. The maximum atomic E-state index is 12.0. The number of ketones is 1. The van der Waals surface area contributed by atoms with E-state index in [2.05, 4.69) is 4.98 Å². The van der Waals surface area contributed by atoms with Gasteiger partial charge in [0.1, 0.15) is 0 Å². The molecule has 0 bridgehead atoms. The van der Waals surface area contributed by atoms with Crippen LogP contribution in [0.2, 0.25) is 0 Å². The second-order valence-electron chi connectivity index (χ2n) is 3.59. The SMILES string of the molecule is CC(O)(C(=O)c1cccs1)c1ccccn1. The molecule has 16 heavy (non-hydrogen) atoms. The summed E-state index contributed by atoms with van der Waals surface area (Å²) in [4.78, 5) is 16.6. The van der Waals surface area contributed by atoms with E-state index < -0.39 is 5.60 Å². The zero-order chi connectivity index (χ0) is 11.6. The summed E-state index contributed by atoms with van der Waals surface area (Å²) < 4.78 is 0. The first-order chi connectivity index (χ1) is 7.62. The standard InChI is InChI=1S/C12H11NO2S/c1-12(15,10-6-2-3-7-13-10)11(14)9-5-4-8-16-9/h2-8,15H,1H3. The fourth-order valence-electron chi connectivity index (χ4n) is 1.41. The van der Waals surface area contributed by atoms with Crippen LogP contribution in [0.1, 0.15) is 22.3 Å². The summed E-state index contributed by atoms with van der Waals surface area (Å²) in [6.07, 6.45) is 1.56. The van der Waals surface area contributed by atoms with Gasteiger partial charge in [-0.05, 0) is 30.5 Å². The number of rotatable bonds is 3. The van der Waals surface area contributed by atoms with Gasteiger partial charge in [-0.3, -0.25) is 9.78 Å². The summed E-state index contributed by atoms with van der Waals surface area (Å²) in [5.74, 6) is -0.318. The molecule has 2 heterocycles. The molecule has 1 atom stereocenters. The van der Waals surface area contributed by atoms with Crippen LogP contribution in [0.15, 0.2) is 41.9 Å². The maximum absolute atomic E-state index is 12.0. The van der Waals surface area contributed by atoms with Crippen LogP contribution in [0.25, 0.3) is 0 Å². The lowest BCUT2D eigenvalue weighted by atomic mass is 9.95. The van der Waals surface area contributed by atoms with Gasteiger partial charge >= 0.3 is 0 Å². The van der Waals surface area contributed by atoms with Gasteiger partial charge < -0.3 is 5.11 Å². The molecule has 4 heteroatoms. The largest absolute Gasteiger partial charge is 0.376 e. The number of Topliss-reactive ketones (excluding diaryl/α,β-unsaturated/α-hetero) is 1. The van der Waals surface area contributed by atoms with Crippen molar-refractivity contribution in [3.63, 3.8) is 0 Å². The maximum Gasteiger partial charge on any atom is 0.210 e. The summed E-state index contributed by atoms with van der Waals surface area (Å²) in [5, 5.41) is 12.0. The number of carbonyl (C=O) groups is 1. The highest BCUT2D eigenvalue weighted by Crippen LogP contribution is 2.25. The molecule has 2 aromatic heterocycles. The highest BCUT2D eigenvalue weighted by Gasteiger charge is 2.34. The van der Waals surface area contributed by atoms with Crippen LogP contribution in [-0.4, -0.2) is 15.9 Å². The van der Waals surface area contributed by atoms with Crippen LogP contribution in [0, 0.1) is 0 Å². The fraction of sp³-hybridized carbons (Fsp3) is 0.167. The molecule has 0 fully saturated rings. The van der Waals surface area contributed by atoms with Crippen LogP contribution < -0.4 is 0 Å². The van der Waals surface area contributed by atoms with Gasteiger partial charge in [0.05, 0.1) is 10.6 Å². The van der Waals surface area contributed by atoms with E-state index in [0.717, 1.165) is 0 Å². The Kier molecular flexibility index (Phi) is 2.85. The molecule has 0 saturated heterocycles. The Bertz CT molecular complexity index is 477. The first-order valence-corrected chi connectivity index (χ1v) is 5.72. The number of thiophene rings is 1. The topological polar surface area (TPSA) is 50.2 Å². The Morgan fingerprint density at radius 3 is 2.75 bits per heavy atom. The molecule has 0 aromatic carbocycles. The minimum atomic E-state index is -1.56. The number of hydrogen-bond donors (Lipinski definition) is 1. The van der Waals surface area contributed by atoms with Crippen molar-refractivity contribution in [2.24, 2.45) is 0 Å². The molecule has 0 aliphatic rings. The van der Waals surface area contributed by atoms with E-state index in [1.165, 1.54) is 18.3 Å². The molecule has 3 nitrogen and oxygen atoms in total. The molecule has 0 aliphatic heterocycles. The van der Waals surface area contributed by atoms with Crippen LogP contribution in [0.5, 0.6) is 0 Å². The second-order valence-corrected chi connectivity index (χ2v) is 4.54. The second kappa shape index (κ2) is 4.15. The molecule has 1 unspecified atom stereocenters. The lowest BCUT2D eigenvalue weighted by molar-refractivity contribution is 0.0377. The van der Waals surface area contributed by atoms with Crippen LogP contribution in [-0.2, 0) is 5.60 Å². The lowest BCUT2D eigenvalue weighted by Gasteiger charge is -2.20. The number of hydrogen-bond acceptors (Lipinski definition) is 4. The van der Waals surface area contributed by atoms with Crippen molar-refractivity contribution >= 4 is 17.1 Å². The van der Waals surface area contributed by atoms with E-state index in [1.807, 2.05) is 5.38 Å². The Hall–Kier alpha value is -1.52. The predicted octanol–water partition coefficient (Wildman–Crippen LogP) is 2.23. The number of nitrogens with zero attached hydrogens (tertiary/aromatic N) is 1. The highest BCUT2D eigenvalue weighted by molar-refractivity contribution is 7.12. The summed E-state index contributed by atoms with van der Waals surface area (Å²) in [5.41, 5.74) is -1.19. The Balaban J connectivity index is 2.36. The van der Waals surface area contributed by atoms with E-state index in [4.69, 9.17) is 0 Å². The molecular weight excluding hydrogens is 222 g/mol. The third kappa shape index (κ3) is 1.89. The number of carbonyl (C=O) groups excluding carboxylic acids is 1. The van der Waals surface area contributed by atoms with E-state index in [-0.39, 0.29) is 5.78 Å². The fourth-order valence-corrected chi connectivity index (χ4v) is 2.18. The summed E-state index contributed by atoms with van der Waals surface area (Å²) in [6, 6.07) is 8.62. The molecule has 2 aromatic rings. The molecule has 0 radical (unpaired) electrons. The van der Waals surface area contributed by atoms with Gasteiger partial charge in [-0.1, -0.05) is 12.1 Å². The van der Waals surface area contributed by atoms with Crippen LogP contribution in [0.4, 0.5) is 0 Å². The first kappa shape index (κ1) is 11.0. The van der Waals surface area contributed by atoms with Crippen molar-refractivity contribution in [1.82, 2.24) is 4.98 Å². The molecule has 1 N–H and O–H groups in total. The molecule has 2 rings (SSSR count).